The molecule has 0 N–H and O–H groups in total. The highest BCUT2D eigenvalue weighted by Gasteiger charge is 2.12. The minimum Gasteiger partial charge on any atom is -0.493 e. The maximum absolute atomic E-state index is 12.3. The third kappa shape index (κ3) is 6.27. The number of nitrogens with zero attached hydrogens (tertiary/aromatic N) is 2. The van der Waals surface area contributed by atoms with Crippen LogP contribution in [0.4, 0.5) is 5.69 Å². The zero-order valence-corrected chi connectivity index (χ0v) is 19.8. The minimum atomic E-state index is -0.655. The van der Waals surface area contributed by atoms with Crippen molar-refractivity contribution in [2.75, 3.05) is 21.3 Å². The molecule has 3 aromatic carbocycles. The van der Waals surface area contributed by atoms with Gasteiger partial charge in [0, 0.05) is 18.2 Å². The van der Waals surface area contributed by atoms with Gasteiger partial charge in [-0.2, -0.15) is 5.26 Å². The van der Waals surface area contributed by atoms with Crippen molar-refractivity contribution >= 4 is 29.4 Å². The monoisotopic (exact) mass is 486 g/mol. The molecule has 0 atom stereocenters. The second kappa shape index (κ2) is 11.9. The van der Waals surface area contributed by atoms with Gasteiger partial charge in [-0.05, 0) is 71.3 Å². The molecule has 0 aliphatic heterocycles. The van der Waals surface area contributed by atoms with Crippen molar-refractivity contribution in [3.63, 3.8) is 0 Å². The number of esters is 1. The molecule has 0 spiro atoms. The smallest absolute Gasteiger partial charge is 0.336 e. The molecule has 0 amide bonds. The molecule has 0 saturated heterocycles. The molecule has 0 saturated carbocycles. The molecular formula is C27H22N2O7. The number of non-ortho nitro benzene ring substituents is 1. The number of allylic oxidation sites excluding steroid dienone is 1. The average Bonchev–Trinajstić information content (AvgIpc) is 2.91. The quantitative estimate of drug-likeness (QED) is 0.0759. The van der Waals surface area contributed by atoms with E-state index in [2.05, 4.69) is 6.07 Å². The van der Waals surface area contributed by atoms with Gasteiger partial charge >= 0.3 is 5.97 Å². The van der Waals surface area contributed by atoms with Crippen molar-refractivity contribution in [3.05, 3.63) is 93.5 Å². The third-order valence-electron chi connectivity index (χ3n) is 5.04. The molecule has 3 aromatic rings. The lowest BCUT2D eigenvalue weighted by molar-refractivity contribution is -0.384. The highest BCUT2D eigenvalue weighted by Crippen LogP contribution is 2.33. The molecule has 0 radical (unpaired) electrons. The molecule has 36 heavy (non-hydrogen) atoms. The molecule has 182 valence electrons. The van der Waals surface area contributed by atoms with Gasteiger partial charge in [-0.15, -0.1) is 0 Å². The molecule has 0 aromatic heterocycles. The Bertz CT molecular complexity index is 1370. The number of methoxy groups -OCH3 is 3. The Kier molecular flexibility index (Phi) is 8.40. The van der Waals surface area contributed by atoms with Crippen LogP contribution in [0.25, 0.3) is 17.7 Å². The Morgan fingerprint density at radius 1 is 0.861 bits per heavy atom. The van der Waals surface area contributed by atoms with Crippen LogP contribution in [0.3, 0.4) is 0 Å². The Labute approximate surface area is 207 Å². The summed E-state index contributed by atoms with van der Waals surface area (Å²) in [6, 6.07) is 18.0. The fourth-order valence-corrected chi connectivity index (χ4v) is 3.22. The Morgan fingerprint density at radius 3 is 2.08 bits per heavy atom. The van der Waals surface area contributed by atoms with Crippen LogP contribution in [0.1, 0.15) is 16.7 Å². The number of nitro benzene ring substituents is 1. The normalized spacial score (nSPS) is 11.0. The summed E-state index contributed by atoms with van der Waals surface area (Å²) in [6.45, 7) is 0. The first-order valence-corrected chi connectivity index (χ1v) is 10.5. The van der Waals surface area contributed by atoms with E-state index in [1.54, 1.807) is 42.5 Å². The summed E-state index contributed by atoms with van der Waals surface area (Å²) in [6.07, 6.45) is 4.36. The first kappa shape index (κ1) is 25.5. The van der Waals surface area contributed by atoms with Gasteiger partial charge in [-0.1, -0.05) is 6.07 Å². The van der Waals surface area contributed by atoms with E-state index in [4.69, 9.17) is 18.9 Å². The molecule has 0 aliphatic rings. The van der Waals surface area contributed by atoms with Crippen LogP contribution < -0.4 is 18.9 Å². The first-order chi connectivity index (χ1) is 17.4. The summed E-state index contributed by atoms with van der Waals surface area (Å²) in [4.78, 5) is 22.5. The van der Waals surface area contributed by atoms with Crippen LogP contribution in [0.15, 0.2) is 66.7 Å². The number of carbonyl (C=O) groups excluding carboxylic acids is 1. The van der Waals surface area contributed by atoms with Gasteiger partial charge in [-0.25, -0.2) is 4.79 Å². The molecule has 3 rings (SSSR count). The zero-order valence-electron chi connectivity index (χ0n) is 19.8. The number of hydrogen-bond donors (Lipinski definition) is 0. The predicted octanol–water partition coefficient (Wildman–Crippen LogP) is 5.30. The number of nitriles is 1. The molecular weight excluding hydrogens is 464 g/mol. The Balaban J connectivity index is 1.78. The van der Waals surface area contributed by atoms with Gasteiger partial charge in [0.25, 0.3) is 5.69 Å². The number of nitro groups is 1. The van der Waals surface area contributed by atoms with Crippen molar-refractivity contribution in [3.8, 4) is 29.1 Å². The number of benzene rings is 3. The van der Waals surface area contributed by atoms with E-state index in [-0.39, 0.29) is 11.4 Å². The highest BCUT2D eigenvalue weighted by molar-refractivity contribution is 5.91. The largest absolute Gasteiger partial charge is 0.493 e. The third-order valence-corrected chi connectivity index (χ3v) is 5.04. The fourth-order valence-electron chi connectivity index (χ4n) is 3.22. The lowest BCUT2D eigenvalue weighted by Crippen LogP contribution is -2.05. The molecule has 9 heteroatoms. The summed E-state index contributed by atoms with van der Waals surface area (Å²) < 4.78 is 21.3. The van der Waals surface area contributed by atoms with Crippen molar-refractivity contribution in [2.24, 2.45) is 0 Å². The van der Waals surface area contributed by atoms with E-state index in [9.17, 15) is 20.2 Å². The average molecular weight is 486 g/mol. The fraction of sp³-hybridized carbons (Fsp3) is 0.111. The number of carbonyl (C=O) groups is 1. The van der Waals surface area contributed by atoms with E-state index in [1.165, 1.54) is 57.7 Å². The predicted molar refractivity (Wildman–Crippen MR) is 134 cm³/mol. The summed E-state index contributed by atoms with van der Waals surface area (Å²) >= 11 is 0. The number of rotatable bonds is 9. The van der Waals surface area contributed by atoms with E-state index >= 15 is 0 Å². The van der Waals surface area contributed by atoms with Crippen molar-refractivity contribution < 1.29 is 28.7 Å². The summed E-state index contributed by atoms with van der Waals surface area (Å²) in [5.74, 6) is 0.882. The van der Waals surface area contributed by atoms with Crippen LogP contribution in [-0.2, 0) is 4.79 Å². The van der Waals surface area contributed by atoms with Gasteiger partial charge in [0.05, 0.1) is 37.9 Å². The second-order valence-electron chi connectivity index (χ2n) is 7.25. The zero-order chi connectivity index (χ0) is 26.1. The van der Waals surface area contributed by atoms with E-state index in [0.29, 0.717) is 39.5 Å². The minimum absolute atomic E-state index is 0.0423. The number of ether oxygens (including phenoxy) is 4. The van der Waals surface area contributed by atoms with Crippen molar-refractivity contribution in [1.82, 2.24) is 0 Å². The van der Waals surface area contributed by atoms with Crippen LogP contribution in [0.5, 0.6) is 23.0 Å². The molecule has 0 aliphatic carbocycles. The van der Waals surface area contributed by atoms with Gasteiger partial charge < -0.3 is 18.9 Å². The van der Waals surface area contributed by atoms with Gasteiger partial charge in [0.2, 0.25) is 0 Å². The molecule has 0 bridgehead atoms. The summed E-state index contributed by atoms with van der Waals surface area (Å²) in [7, 11) is 4.49. The maximum atomic E-state index is 12.3. The Hall–Kier alpha value is -5.10. The molecule has 0 heterocycles. The Morgan fingerprint density at radius 2 is 1.47 bits per heavy atom. The summed E-state index contributed by atoms with van der Waals surface area (Å²) in [5.41, 5.74) is 2.23. The van der Waals surface area contributed by atoms with Crippen LogP contribution >= 0.6 is 0 Å². The van der Waals surface area contributed by atoms with E-state index in [1.807, 2.05) is 0 Å². The molecule has 0 fully saturated rings. The molecule has 0 unspecified atom stereocenters. The van der Waals surface area contributed by atoms with Gasteiger partial charge in [-0.3, -0.25) is 10.1 Å². The number of hydrogen-bond acceptors (Lipinski definition) is 8. The first-order valence-electron chi connectivity index (χ1n) is 10.5. The van der Waals surface area contributed by atoms with Gasteiger partial charge in [0.15, 0.2) is 23.0 Å². The van der Waals surface area contributed by atoms with E-state index in [0.717, 1.165) is 0 Å². The van der Waals surface area contributed by atoms with E-state index < -0.39 is 10.9 Å². The highest BCUT2D eigenvalue weighted by atomic mass is 16.6. The SMILES string of the molecule is COc1ccc(/C(C#N)=C\c2ccc(OC(=O)/C=C/c3ccc([N+](=O)[O-])cc3)c(OC)c2)cc1OC. The van der Waals surface area contributed by atoms with Crippen molar-refractivity contribution in [1.29, 1.82) is 5.26 Å². The lowest BCUT2D eigenvalue weighted by atomic mass is 10.0. The summed E-state index contributed by atoms with van der Waals surface area (Å²) in [5, 5.41) is 20.4. The lowest BCUT2D eigenvalue weighted by Gasteiger charge is -2.10. The second-order valence-corrected chi connectivity index (χ2v) is 7.25. The maximum Gasteiger partial charge on any atom is 0.336 e. The van der Waals surface area contributed by atoms with Gasteiger partial charge in [0.1, 0.15) is 0 Å². The van der Waals surface area contributed by atoms with Crippen LogP contribution in [-0.4, -0.2) is 32.2 Å². The van der Waals surface area contributed by atoms with Crippen LogP contribution in [0, 0.1) is 21.4 Å². The topological polar surface area (TPSA) is 121 Å². The molecule has 9 nitrogen and oxygen atoms in total. The van der Waals surface area contributed by atoms with Crippen molar-refractivity contribution in [2.45, 2.75) is 0 Å². The van der Waals surface area contributed by atoms with Crippen LogP contribution in [0.2, 0.25) is 0 Å². The standard InChI is InChI=1S/C27H22N2O7/c1-33-23-12-8-20(16-26(23)35-3)21(17-28)14-19-6-11-24(25(15-19)34-2)36-27(30)13-7-18-4-9-22(10-5-18)29(31)32/h4-16H,1-3H3/b13-7+,21-14-.